The van der Waals surface area contributed by atoms with Crippen molar-refractivity contribution in [3.63, 3.8) is 0 Å². The summed E-state index contributed by atoms with van der Waals surface area (Å²) in [5, 5.41) is 4.41. The molecule has 2 aromatic heterocycles. The maximum absolute atomic E-state index is 12.6. The van der Waals surface area contributed by atoms with Crippen molar-refractivity contribution in [3.05, 3.63) is 88.5 Å². The maximum atomic E-state index is 12.6. The van der Waals surface area contributed by atoms with Gasteiger partial charge in [-0.1, -0.05) is 54.1 Å². The summed E-state index contributed by atoms with van der Waals surface area (Å²) in [6.45, 7) is 0.442. The first kappa shape index (κ1) is 16.8. The second-order valence-electron chi connectivity index (χ2n) is 5.87. The Morgan fingerprint density at radius 2 is 1.88 bits per heavy atom. The predicted octanol–water partition coefficient (Wildman–Crippen LogP) is 5.55. The van der Waals surface area contributed by atoms with Crippen LogP contribution in [-0.4, -0.2) is 10.9 Å². The van der Waals surface area contributed by atoms with Gasteiger partial charge >= 0.3 is 0 Å². The molecule has 0 bridgehead atoms. The minimum Gasteiger partial charge on any atom is -0.347 e. The number of aromatic nitrogens is 1. The first-order valence-electron chi connectivity index (χ1n) is 8.17. The van der Waals surface area contributed by atoms with Crippen LogP contribution in [0, 0.1) is 0 Å². The highest BCUT2D eigenvalue weighted by molar-refractivity contribution is 7.21. The van der Waals surface area contributed by atoms with Gasteiger partial charge in [0.25, 0.3) is 5.91 Å². The number of pyridine rings is 1. The summed E-state index contributed by atoms with van der Waals surface area (Å²) in [4.78, 5) is 17.3. The molecule has 0 saturated carbocycles. The average molecular weight is 379 g/mol. The number of fused-ring (bicyclic) bond motifs is 1. The standard InChI is InChI=1S/C21H15ClN2OS/c22-19-17-8-1-2-9-18(17)26-20(19)21(25)24-12-14-5-3-6-15(11-14)16-7-4-10-23-13-16/h1-11,13H,12H2,(H,24,25). The normalized spacial score (nSPS) is 10.8. The highest BCUT2D eigenvalue weighted by atomic mass is 35.5. The Morgan fingerprint density at radius 1 is 1.04 bits per heavy atom. The monoisotopic (exact) mass is 378 g/mol. The number of nitrogens with zero attached hydrogens (tertiary/aromatic N) is 1. The quantitative estimate of drug-likeness (QED) is 0.506. The predicted molar refractivity (Wildman–Crippen MR) is 108 cm³/mol. The smallest absolute Gasteiger partial charge is 0.263 e. The van der Waals surface area contributed by atoms with E-state index in [1.807, 2.05) is 60.8 Å². The molecule has 3 nitrogen and oxygen atoms in total. The van der Waals surface area contributed by atoms with E-state index in [0.717, 1.165) is 26.8 Å². The third kappa shape index (κ3) is 3.34. The molecule has 5 heteroatoms. The fourth-order valence-electron chi connectivity index (χ4n) is 2.82. The lowest BCUT2D eigenvalue weighted by atomic mass is 10.0. The van der Waals surface area contributed by atoms with E-state index in [1.54, 1.807) is 6.20 Å². The summed E-state index contributed by atoms with van der Waals surface area (Å²) in [6.07, 6.45) is 3.58. The van der Waals surface area contributed by atoms with Crippen molar-refractivity contribution in [2.75, 3.05) is 0 Å². The third-order valence-electron chi connectivity index (χ3n) is 4.12. The minimum atomic E-state index is -0.150. The van der Waals surface area contributed by atoms with Gasteiger partial charge < -0.3 is 5.32 Å². The Morgan fingerprint density at radius 3 is 2.69 bits per heavy atom. The Labute approximate surface area is 160 Å². The van der Waals surface area contributed by atoms with E-state index < -0.39 is 0 Å². The Hall–Kier alpha value is -2.69. The van der Waals surface area contributed by atoms with E-state index in [-0.39, 0.29) is 5.91 Å². The summed E-state index contributed by atoms with van der Waals surface area (Å²) >= 11 is 7.80. The van der Waals surface area contributed by atoms with Gasteiger partial charge in [0, 0.05) is 29.0 Å². The number of benzene rings is 2. The molecule has 2 aromatic carbocycles. The van der Waals surface area contributed by atoms with Crippen molar-refractivity contribution >= 4 is 38.9 Å². The molecule has 0 saturated heterocycles. The van der Waals surface area contributed by atoms with E-state index in [1.165, 1.54) is 11.3 Å². The molecule has 0 aliphatic carbocycles. The fraction of sp³-hybridized carbons (Fsp3) is 0.0476. The second kappa shape index (κ2) is 7.28. The number of hydrogen-bond acceptors (Lipinski definition) is 3. The van der Waals surface area contributed by atoms with Crippen molar-refractivity contribution in [1.29, 1.82) is 0 Å². The van der Waals surface area contributed by atoms with Gasteiger partial charge in [0.05, 0.1) is 5.02 Å². The number of hydrogen-bond donors (Lipinski definition) is 1. The van der Waals surface area contributed by atoms with E-state index in [9.17, 15) is 4.79 Å². The molecular weight excluding hydrogens is 364 g/mol. The van der Waals surface area contributed by atoms with Gasteiger partial charge in [0.2, 0.25) is 0 Å². The molecular formula is C21H15ClN2OS. The molecule has 0 aliphatic heterocycles. The summed E-state index contributed by atoms with van der Waals surface area (Å²) in [5.74, 6) is -0.150. The van der Waals surface area contributed by atoms with Gasteiger partial charge in [-0.05, 0) is 34.9 Å². The van der Waals surface area contributed by atoms with Gasteiger partial charge in [0.15, 0.2) is 0 Å². The summed E-state index contributed by atoms with van der Waals surface area (Å²) < 4.78 is 1.02. The number of carbonyl (C=O) groups excluding carboxylic acids is 1. The zero-order chi connectivity index (χ0) is 17.9. The van der Waals surface area contributed by atoms with Gasteiger partial charge in [-0.3, -0.25) is 9.78 Å². The van der Waals surface area contributed by atoms with Crippen LogP contribution >= 0.6 is 22.9 Å². The summed E-state index contributed by atoms with van der Waals surface area (Å²) in [6, 6.07) is 19.8. The van der Waals surface area contributed by atoms with Crippen molar-refractivity contribution < 1.29 is 4.79 Å². The molecule has 0 radical (unpaired) electrons. The Kier molecular flexibility index (Phi) is 4.69. The summed E-state index contributed by atoms with van der Waals surface area (Å²) in [7, 11) is 0. The molecule has 26 heavy (non-hydrogen) atoms. The molecule has 1 N–H and O–H groups in total. The van der Waals surface area contributed by atoms with E-state index in [2.05, 4.69) is 16.4 Å². The molecule has 128 valence electrons. The molecule has 1 amide bonds. The average Bonchev–Trinajstić information content (AvgIpc) is 3.04. The topological polar surface area (TPSA) is 42.0 Å². The van der Waals surface area contributed by atoms with E-state index in [0.29, 0.717) is 16.4 Å². The molecule has 0 spiro atoms. The number of rotatable bonds is 4. The second-order valence-corrected chi connectivity index (χ2v) is 7.30. The SMILES string of the molecule is O=C(NCc1cccc(-c2cccnc2)c1)c1sc2ccccc2c1Cl. The van der Waals surface area contributed by atoms with Crippen LogP contribution in [0.3, 0.4) is 0 Å². The van der Waals surface area contributed by atoms with Crippen LogP contribution in [0.15, 0.2) is 73.1 Å². The van der Waals surface area contributed by atoms with Crippen LogP contribution in [-0.2, 0) is 6.54 Å². The summed E-state index contributed by atoms with van der Waals surface area (Å²) in [5.41, 5.74) is 3.15. The minimum absolute atomic E-state index is 0.150. The van der Waals surface area contributed by atoms with Crippen LogP contribution < -0.4 is 5.32 Å². The Balaban J connectivity index is 1.52. The highest BCUT2D eigenvalue weighted by Crippen LogP contribution is 2.35. The Bertz CT molecular complexity index is 1080. The maximum Gasteiger partial charge on any atom is 0.263 e. The van der Waals surface area contributed by atoms with Crippen LogP contribution in [0.2, 0.25) is 5.02 Å². The number of nitrogens with one attached hydrogen (secondary N) is 1. The number of thiophene rings is 1. The van der Waals surface area contributed by atoms with Gasteiger partial charge in [-0.25, -0.2) is 0 Å². The fourth-order valence-corrected chi connectivity index (χ4v) is 4.25. The lowest BCUT2D eigenvalue weighted by Crippen LogP contribution is -2.22. The molecule has 0 fully saturated rings. The van der Waals surface area contributed by atoms with Crippen molar-refractivity contribution in [1.82, 2.24) is 10.3 Å². The van der Waals surface area contributed by atoms with E-state index >= 15 is 0 Å². The molecule has 0 aliphatic rings. The lowest BCUT2D eigenvalue weighted by Gasteiger charge is -2.07. The van der Waals surface area contributed by atoms with E-state index in [4.69, 9.17) is 11.6 Å². The lowest BCUT2D eigenvalue weighted by molar-refractivity contribution is 0.0955. The van der Waals surface area contributed by atoms with Crippen LogP contribution in [0.4, 0.5) is 0 Å². The van der Waals surface area contributed by atoms with Crippen molar-refractivity contribution in [3.8, 4) is 11.1 Å². The largest absolute Gasteiger partial charge is 0.347 e. The third-order valence-corrected chi connectivity index (χ3v) is 5.79. The number of amides is 1. The molecule has 2 heterocycles. The number of carbonyl (C=O) groups is 1. The zero-order valence-corrected chi connectivity index (χ0v) is 15.3. The number of halogens is 1. The van der Waals surface area contributed by atoms with Crippen LogP contribution in [0.5, 0.6) is 0 Å². The van der Waals surface area contributed by atoms with Gasteiger partial charge in [-0.2, -0.15) is 0 Å². The van der Waals surface area contributed by atoms with Crippen molar-refractivity contribution in [2.45, 2.75) is 6.54 Å². The van der Waals surface area contributed by atoms with Gasteiger partial charge in [-0.15, -0.1) is 11.3 Å². The first-order chi connectivity index (χ1) is 12.7. The molecule has 4 aromatic rings. The van der Waals surface area contributed by atoms with Gasteiger partial charge in [0.1, 0.15) is 4.88 Å². The van der Waals surface area contributed by atoms with Crippen molar-refractivity contribution in [2.24, 2.45) is 0 Å². The molecule has 0 atom stereocenters. The first-order valence-corrected chi connectivity index (χ1v) is 9.36. The van der Waals surface area contributed by atoms with Crippen LogP contribution in [0.25, 0.3) is 21.2 Å². The molecule has 4 rings (SSSR count). The zero-order valence-electron chi connectivity index (χ0n) is 13.8. The van der Waals surface area contributed by atoms with Crippen LogP contribution in [0.1, 0.15) is 15.2 Å². The molecule has 0 unspecified atom stereocenters. The highest BCUT2D eigenvalue weighted by Gasteiger charge is 2.16.